The Hall–Kier alpha value is -0.830. The number of nitrogens with one attached hydrogen (secondary N) is 1. The van der Waals surface area contributed by atoms with Crippen molar-refractivity contribution in [2.45, 2.75) is 32.1 Å². The third kappa shape index (κ3) is 7.38. The summed E-state index contributed by atoms with van der Waals surface area (Å²) in [4.78, 5) is 18.6. The average Bonchev–Trinajstić information content (AvgIpc) is 2.83. The largest absolute Gasteiger partial charge is 0.370 e. The molecule has 1 aromatic carbocycles. The Morgan fingerprint density at radius 3 is 2.62 bits per heavy atom. The molecule has 0 aromatic heterocycles. The molecular formula is C17H26BrIN4O. The van der Waals surface area contributed by atoms with Gasteiger partial charge in [-0.25, -0.2) is 0 Å². The number of benzene rings is 1. The molecule has 1 aliphatic rings. The number of amides is 1. The van der Waals surface area contributed by atoms with Gasteiger partial charge in [0.05, 0.1) is 0 Å². The molecule has 5 nitrogen and oxygen atoms in total. The van der Waals surface area contributed by atoms with E-state index < -0.39 is 0 Å². The summed E-state index contributed by atoms with van der Waals surface area (Å²) in [6.45, 7) is 3.26. The summed E-state index contributed by atoms with van der Waals surface area (Å²) in [7, 11) is 0. The minimum absolute atomic E-state index is 0. The number of carbonyl (C=O) groups excluding carboxylic acids is 1. The van der Waals surface area contributed by atoms with E-state index in [0.29, 0.717) is 24.6 Å². The van der Waals surface area contributed by atoms with E-state index in [0.717, 1.165) is 24.0 Å². The molecule has 0 spiro atoms. The molecule has 0 saturated carbocycles. The molecule has 0 unspecified atom stereocenters. The number of hydrogen-bond acceptors (Lipinski definition) is 2. The Balaban J connectivity index is 0.00000288. The predicted molar refractivity (Wildman–Crippen MR) is 113 cm³/mol. The number of hydrogen-bond donors (Lipinski definition) is 2. The van der Waals surface area contributed by atoms with Crippen LogP contribution in [0.3, 0.4) is 0 Å². The van der Waals surface area contributed by atoms with E-state index in [4.69, 9.17) is 5.73 Å². The van der Waals surface area contributed by atoms with Gasteiger partial charge in [0.2, 0.25) is 0 Å². The molecule has 0 bridgehead atoms. The fourth-order valence-electron chi connectivity index (χ4n) is 2.61. The van der Waals surface area contributed by atoms with E-state index in [1.807, 2.05) is 18.2 Å². The van der Waals surface area contributed by atoms with Gasteiger partial charge in [0.1, 0.15) is 0 Å². The predicted octanol–water partition coefficient (Wildman–Crippen LogP) is 3.38. The van der Waals surface area contributed by atoms with Crippen molar-refractivity contribution in [2.75, 3.05) is 26.2 Å². The van der Waals surface area contributed by atoms with Gasteiger partial charge in [0.25, 0.3) is 5.91 Å². The summed E-state index contributed by atoms with van der Waals surface area (Å²) < 4.78 is 0.903. The van der Waals surface area contributed by atoms with Crippen molar-refractivity contribution in [1.82, 2.24) is 10.2 Å². The molecule has 2 rings (SSSR count). The first-order valence-electron chi connectivity index (χ1n) is 8.25. The second-order valence-electron chi connectivity index (χ2n) is 5.76. The topological polar surface area (TPSA) is 70.7 Å². The minimum atomic E-state index is -0.0595. The maximum atomic E-state index is 12.0. The van der Waals surface area contributed by atoms with Crippen molar-refractivity contribution in [2.24, 2.45) is 10.7 Å². The van der Waals surface area contributed by atoms with Crippen LogP contribution in [0.4, 0.5) is 0 Å². The van der Waals surface area contributed by atoms with Crippen LogP contribution < -0.4 is 11.1 Å². The summed E-state index contributed by atoms with van der Waals surface area (Å²) in [6.07, 6.45) is 5.74. The quantitative estimate of drug-likeness (QED) is 0.277. The van der Waals surface area contributed by atoms with Gasteiger partial charge in [-0.2, -0.15) is 0 Å². The second-order valence-corrected chi connectivity index (χ2v) is 6.68. The zero-order valence-electron chi connectivity index (χ0n) is 13.8. The summed E-state index contributed by atoms with van der Waals surface area (Å²) in [6, 6.07) is 7.36. The van der Waals surface area contributed by atoms with Gasteiger partial charge in [-0.05, 0) is 37.5 Å². The molecule has 1 aromatic rings. The first kappa shape index (κ1) is 21.2. The SMILES string of the molecule is I.NC(=NCCCNC(=O)c1cccc(Br)c1)N1CCCCCC1. The molecule has 0 radical (unpaired) electrons. The van der Waals surface area contributed by atoms with Crippen LogP contribution in [0.25, 0.3) is 0 Å². The van der Waals surface area contributed by atoms with E-state index in [1.165, 1.54) is 25.7 Å². The van der Waals surface area contributed by atoms with E-state index in [2.05, 4.69) is 31.1 Å². The van der Waals surface area contributed by atoms with Crippen LogP contribution in [0.15, 0.2) is 33.7 Å². The Morgan fingerprint density at radius 1 is 1.25 bits per heavy atom. The van der Waals surface area contributed by atoms with E-state index in [-0.39, 0.29) is 29.9 Å². The van der Waals surface area contributed by atoms with Gasteiger partial charge in [-0.15, -0.1) is 24.0 Å². The van der Waals surface area contributed by atoms with Crippen LogP contribution >= 0.6 is 39.9 Å². The molecule has 24 heavy (non-hydrogen) atoms. The smallest absolute Gasteiger partial charge is 0.251 e. The highest BCUT2D eigenvalue weighted by atomic mass is 127. The Morgan fingerprint density at radius 2 is 1.96 bits per heavy atom. The lowest BCUT2D eigenvalue weighted by molar-refractivity contribution is 0.0953. The monoisotopic (exact) mass is 508 g/mol. The van der Waals surface area contributed by atoms with Gasteiger partial charge in [0, 0.05) is 36.2 Å². The third-order valence-corrected chi connectivity index (χ3v) is 4.40. The minimum Gasteiger partial charge on any atom is -0.370 e. The first-order chi connectivity index (χ1) is 11.2. The molecule has 1 fully saturated rings. The molecule has 7 heteroatoms. The van der Waals surface area contributed by atoms with Crippen molar-refractivity contribution in [3.63, 3.8) is 0 Å². The highest BCUT2D eigenvalue weighted by molar-refractivity contribution is 14.0. The van der Waals surface area contributed by atoms with Crippen LogP contribution in [-0.4, -0.2) is 42.9 Å². The molecule has 1 heterocycles. The summed E-state index contributed by atoms with van der Waals surface area (Å²) >= 11 is 3.37. The van der Waals surface area contributed by atoms with Crippen LogP contribution in [-0.2, 0) is 0 Å². The summed E-state index contributed by atoms with van der Waals surface area (Å²) in [5.41, 5.74) is 6.71. The second kappa shape index (κ2) is 11.7. The molecule has 1 aliphatic heterocycles. The number of guanidine groups is 1. The number of rotatable bonds is 5. The fraction of sp³-hybridized carbons (Fsp3) is 0.529. The van der Waals surface area contributed by atoms with Crippen molar-refractivity contribution >= 4 is 51.8 Å². The lowest BCUT2D eigenvalue weighted by Crippen LogP contribution is -2.38. The molecule has 0 atom stereocenters. The summed E-state index contributed by atoms with van der Waals surface area (Å²) in [5.74, 6) is 0.584. The van der Waals surface area contributed by atoms with Crippen LogP contribution in [0, 0.1) is 0 Å². The Bertz CT molecular complexity index is 545. The van der Waals surface area contributed by atoms with Gasteiger partial charge in [-0.1, -0.05) is 34.8 Å². The average molecular weight is 509 g/mol. The van der Waals surface area contributed by atoms with Gasteiger partial charge >= 0.3 is 0 Å². The first-order valence-corrected chi connectivity index (χ1v) is 9.05. The van der Waals surface area contributed by atoms with Crippen LogP contribution in [0.5, 0.6) is 0 Å². The molecule has 3 N–H and O–H groups in total. The zero-order valence-corrected chi connectivity index (χ0v) is 17.8. The normalized spacial score (nSPS) is 15.4. The highest BCUT2D eigenvalue weighted by Gasteiger charge is 2.10. The van der Waals surface area contributed by atoms with Crippen LogP contribution in [0.2, 0.25) is 0 Å². The van der Waals surface area contributed by atoms with Crippen molar-refractivity contribution < 1.29 is 4.79 Å². The Kier molecular flexibility index (Phi) is 10.3. The molecule has 1 amide bonds. The van der Waals surface area contributed by atoms with Crippen molar-refractivity contribution in [3.05, 3.63) is 34.3 Å². The van der Waals surface area contributed by atoms with E-state index >= 15 is 0 Å². The highest BCUT2D eigenvalue weighted by Crippen LogP contribution is 2.11. The van der Waals surface area contributed by atoms with Crippen molar-refractivity contribution in [1.29, 1.82) is 0 Å². The fourth-order valence-corrected chi connectivity index (χ4v) is 3.01. The van der Waals surface area contributed by atoms with Crippen LogP contribution in [0.1, 0.15) is 42.5 Å². The third-order valence-electron chi connectivity index (χ3n) is 3.91. The van der Waals surface area contributed by atoms with Crippen molar-refractivity contribution in [3.8, 4) is 0 Å². The van der Waals surface area contributed by atoms with Gasteiger partial charge in [-0.3, -0.25) is 9.79 Å². The molecule has 134 valence electrons. The van der Waals surface area contributed by atoms with E-state index in [9.17, 15) is 4.79 Å². The Labute approximate surface area is 169 Å². The maximum Gasteiger partial charge on any atom is 0.251 e. The number of nitrogens with zero attached hydrogens (tertiary/aromatic N) is 2. The van der Waals surface area contributed by atoms with Gasteiger partial charge < -0.3 is 16.0 Å². The molecule has 0 aliphatic carbocycles. The maximum absolute atomic E-state index is 12.0. The molecular weight excluding hydrogens is 483 g/mol. The van der Waals surface area contributed by atoms with Gasteiger partial charge in [0.15, 0.2) is 5.96 Å². The number of carbonyl (C=O) groups is 1. The lowest BCUT2D eigenvalue weighted by Gasteiger charge is -2.21. The lowest BCUT2D eigenvalue weighted by atomic mass is 10.2. The number of nitrogens with two attached hydrogens (primary N) is 1. The number of likely N-dealkylation sites (tertiary alicyclic amines) is 1. The summed E-state index contributed by atoms with van der Waals surface area (Å²) in [5, 5.41) is 2.91. The number of aliphatic imine (C=N–C) groups is 1. The number of halogens is 2. The standard InChI is InChI=1S/C17H25BrN4O.HI/c18-15-8-5-7-14(13-15)16(23)20-9-6-10-21-17(19)22-11-3-1-2-4-12-22;/h5,7-8,13H,1-4,6,9-12H2,(H2,19,21)(H,20,23);1H. The van der Waals surface area contributed by atoms with E-state index in [1.54, 1.807) is 6.07 Å². The zero-order chi connectivity index (χ0) is 16.5. The molecule has 1 saturated heterocycles.